The van der Waals surface area contributed by atoms with Crippen LogP contribution in [0.3, 0.4) is 0 Å². The number of benzene rings is 2. The summed E-state index contributed by atoms with van der Waals surface area (Å²) < 4.78 is 61.7. The van der Waals surface area contributed by atoms with E-state index >= 15 is 4.79 Å². The number of ether oxygens (including phenoxy) is 6. The molecule has 3 aliphatic carbocycles. The summed E-state index contributed by atoms with van der Waals surface area (Å²) in [6.45, 7) is 12.7. The van der Waals surface area contributed by atoms with Crippen LogP contribution >= 0.6 is 0 Å². The van der Waals surface area contributed by atoms with Gasteiger partial charge in [0.1, 0.15) is 41.7 Å². The first kappa shape index (κ1) is 58.1. The lowest BCUT2D eigenvalue weighted by atomic mass is 9.44. The third-order valence-corrected chi connectivity index (χ3v) is 13.8. The number of Topliss-reactive ketones (excluding diaryl/α,β-unsaturated/α-hetero) is 1. The fourth-order valence-corrected chi connectivity index (χ4v) is 10.3. The molecule has 1 saturated heterocycles. The predicted octanol–water partition coefficient (Wildman–Crippen LogP) is 2.17. The number of amides is 2. The first-order valence-corrected chi connectivity index (χ1v) is 25.4. The van der Waals surface area contributed by atoms with Crippen molar-refractivity contribution < 1.29 is 90.3 Å². The first-order chi connectivity index (χ1) is 33.7. The number of hydrogen-bond donors (Lipinski definition) is 7. The van der Waals surface area contributed by atoms with E-state index in [0.29, 0.717) is 6.26 Å². The Balaban J connectivity index is 0.00000188. The number of aliphatic hydroxyl groups excluding tert-OH is 2. The summed E-state index contributed by atoms with van der Waals surface area (Å²) in [5, 5.41) is 43.2. The van der Waals surface area contributed by atoms with Gasteiger partial charge in [0, 0.05) is 31.7 Å². The smallest absolute Gasteiger partial charge is 0.408 e. The molecule has 0 spiro atoms. The first-order valence-electron chi connectivity index (χ1n) is 23.5. The van der Waals surface area contributed by atoms with E-state index in [4.69, 9.17) is 38.7 Å². The molecule has 1 heterocycles. The number of rotatable bonds is 13. The summed E-state index contributed by atoms with van der Waals surface area (Å²) in [5.41, 5.74) is -3.13. The van der Waals surface area contributed by atoms with Crippen LogP contribution in [0.15, 0.2) is 71.8 Å². The highest BCUT2D eigenvalue weighted by molar-refractivity contribution is 7.85. The molecule has 0 radical (unpaired) electrons. The van der Waals surface area contributed by atoms with Crippen molar-refractivity contribution in [1.82, 2.24) is 10.6 Å². The Hall–Kier alpha value is -5.82. The molecule has 2 aromatic carbocycles. The molecule has 6 rings (SSSR count). The average Bonchev–Trinajstić information content (AvgIpc) is 3.28. The van der Waals surface area contributed by atoms with E-state index in [2.05, 4.69) is 10.6 Å². The van der Waals surface area contributed by atoms with Gasteiger partial charge in [0.05, 0.1) is 48.3 Å². The molecule has 3 fully saturated rings. The van der Waals surface area contributed by atoms with Crippen LogP contribution in [-0.2, 0) is 62.5 Å². The molecule has 73 heavy (non-hydrogen) atoms. The largest absolute Gasteiger partial charge is 0.455 e. The topological polar surface area (TPSA) is 340 Å². The quantitative estimate of drug-likeness (QED) is 0.0654. The van der Waals surface area contributed by atoms with Gasteiger partial charge in [-0.25, -0.2) is 14.4 Å². The van der Waals surface area contributed by atoms with Gasteiger partial charge in [0.15, 0.2) is 11.4 Å². The standard InChI is InChI=1S/C49H63N3O16.CH4O3S/c1-25-30(64-43(60)37(65-33(55)20-21-51-41(58)26(2)50)35(28-16-12-10-13-17-28)52-44(61)68-45(4,5)6)23-49(62)40(66-42(59)29-18-14-11-15-19-29)38-47(9,39(57)36(56)34(25)46(49,7)8)31(54)22-32-48(38,24-63-32)67-27(3)53;1-5(2,3)4/h10-19,26,30-32,35-38,40,54,56,62H,20-24,50H2,1-9H3,(H,51,58)(H,52,61);1H3,(H,2,3,4)/t26-,30-,31-,32+,35-,36+,37+,38-,40-,47+,48-,49+;/m0./s1. The number of carbonyl (C=O) groups excluding carboxylic acids is 7. The van der Waals surface area contributed by atoms with Crippen LogP contribution in [-0.4, -0.2) is 149 Å². The number of fused-ring (bicyclic) bond motifs is 5. The number of carbonyl (C=O) groups is 7. The maximum Gasteiger partial charge on any atom is 0.408 e. The van der Waals surface area contributed by atoms with Crippen LogP contribution in [0.1, 0.15) is 104 Å². The Morgan fingerprint density at radius 1 is 0.959 bits per heavy atom. The minimum Gasteiger partial charge on any atom is -0.455 e. The summed E-state index contributed by atoms with van der Waals surface area (Å²) in [5.74, 6) is -7.16. The van der Waals surface area contributed by atoms with E-state index in [1.54, 1.807) is 69.3 Å². The average molecular weight is 1050 g/mol. The SMILES string of the molecule is CC(=O)O[C@@]12CO[C@@H]1C[C@H](O)[C@@]1(C)C(=O)[C@H](O)C3=C(C)[C@@H](OC(=O)[C@H](OC(=O)CCNC(=O)[C@H](C)N)[C@@H](NC(=O)OC(C)(C)C)c4ccccc4)C[C@@](O)([C@@H](OC(=O)c4ccccc4)[C@H]21)C3(C)C.CS(=O)(=O)O. The van der Waals surface area contributed by atoms with Gasteiger partial charge in [0.25, 0.3) is 10.1 Å². The van der Waals surface area contributed by atoms with Crippen molar-refractivity contribution in [3.05, 3.63) is 82.9 Å². The monoisotopic (exact) mass is 1050 g/mol. The molecular weight excluding hydrogens is 979 g/mol. The van der Waals surface area contributed by atoms with Crippen LogP contribution in [0.4, 0.5) is 4.79 Å². The molecule has 2 aromatic rings. The molecule has 2 amide bonds. The molecule has 2 bridgehead atoms. The Morgan fingerprint density at radius 3 is 2.05 bits per heavy atom. The van der Waals surface area contributed by atoms with Crippen molar-refractivity contribution in [3.63, 3.8) is 0 Å². The number of ketones is 1. The third-order valence-electron chi connectivity index (χ3n) is 13.8. The van der Waals surface area contributed by atoms with Gasteiger partial charge in [-0.05, 0) is 70.4 Å². The van der Waals surface area contributed by atoms with Crippen LogP contribution in [0.5, 0.6) is 0 Å². The van der Waals surface area contributed by atoms with Gasteiger partial charge in [-0.15, -0.1) is 0 Å². The van der Waals surface area contributed by atoms with E-state index in [0.717, 1.165) is 6.92 Å². The Kier molecular flexibility index (Phi) is 17.5. The number of nitrogens with two attached hydrogens (primary N) is 1. The van der Waals surface area contributed by atoms with E-state index in [-0.39, 0.29) is 41.8 Å². The molecule has 12 atom stereocenters. The van der Waals surface area contributed by atoms with Crippen LogP contribution in [0.2, 0.25) is 0 Å². The third kappa shape index (κ3) is 12.4. The van der Waals surface area contributed by atoms with Gasteiger partial charge in [-0.1, -0.05) is 62.4 Å². The second kappa shape index (κ2) is 21.9. The molecular formula is C50H67N3O19S. The molecule has 4 aliphatic rings. The van der Waals surface area contributed by atoms with Crippen molar-refractivity contribution in [2.24, 2.45) is 22.5 Å². The molecule has 22 nitrogen and oxygen atoms in total. The van der Waals surface area contributed by atoms with Crippen LogP contribution in [0.25, 0.3) is 0 Å². The van der Waals surface area contributed by atoms with Crippen molar-refractivity contribution >= 4 is 51.8 Å². The minimum atomic E-state index is -3.67. The Labute approximate surface area is 423 Å². The minimum absolute atomic E-state index is 0.0419. The summed E-state index contributed by atoms with van der Waals surface area (Å²) in [6.07, 6.45) is -11.8. The summed E-state index contributed by atoms with van der Waals surface area (Å²) in [4.78, 5) is 96.7. The molecule has 402 valence electrons. The van der Waals surface area contributed by atoms with Crippen LogP contribution < -0.4 is 16.4 Å². The highest BCUT2D eigenvalue weighted by atomic mass is 32.2. The lowest BCUT2D eigenvalue weighted by Gasteiger charge is -2.67. The van der Waals surface area contributed by atoms with Gasteiger partial charge in [0.2, 0.25) is 12.0 Å². The van der Waals surface area contributed by atoms with Gasteiger partial charge >= 0.3 is 30.0 Å². The maximum atomic E-state index is 15.2. The van der Waals surface area contributed by atoms with Crippen LogP contribution in [0, 0.1) is 16.7 Å². The van der Waals surface area contributed by atoms with E-state index in [9.17, 15) is 52.5 Å². The predicted molar refractivity (Wildman–Crippen MR) is 256 cm³/mol. The van der Waals surface area contributed by atoms with Gasteiger partial charge in [-0.3, -0.25) is 23.7 Å². The Morgan fingerprint density at radius 2 is 1.53 bits per heavy atom. The number of alkyl carbamates (subject to hydrolysis) is 1. The highest BCUT2D eigenvalue weighted by Crippen LogP contribution is 2.64. The molecule has 0 unspecified atom stereocenters. The zero-order valence-corrected chi connectivity index (χ0v) is 43.2. The highest BCUT2D eigenvalue weighted by Gasteiger charge is 2.78. The fraction of sp³-hybridized carbons (Fsp3) is 0.580. The molecule has 2 saturated carbocycles. The second-order valence-corrected chi connectivity index (χ2v) is 22.1. The summed E-state index contributed by atoms with van der Waals surface area (Å²) in [7, 11) is -3.67. The molecule has 0 aromatic heterocycles. The van der Waals surface area contributed by atoms with Gasteiger partial charge in [-0.2, -0.15) is 8.42 Å². The van der Waals surface area contributed by atoms with Gasteiger partial charge < -0.3 is 60.1 Å². The fourth-order valence-electron chi connectivity index (χ4n) is 10.3. The number of esters is 4. The normalized spacial score (nSPS) is 29.4. The van der Waals surface area contributed by atoms with Crippen molar-refractivity contribution in [3.8, 4) is 0 Å². The zero-order chi connectivity index (χ0) is 54.8. The Bertz CT molecular complexity index is 2560. The van der Waals surface area contributed by atoms with E-state index in [1.165, 1.54) is 46.8 Å². The number of aliphatic hydroxyl groups is 3. The van der Waals surface area contributed by atoms with Crippen molar-refractivity contribution in [1.29, 1.82) is 0 Å². The number of nitrogens with one attached hydrogen (secondary N) is 2. The van der Waals surface area contributed by atoms with E-state index < -0.39 is 147 Å². The van der Waals surface area contributed by atoms with Crippen molar-refractivity contribution in [2.75, 3.05) is 19.4 Å². The van der Waals surface area contributed by atoms with Crippen molar-refractivity contribution in [2.45, 2.75) is 147 Å². The lowest BCUT2D eigenvalue weighted by molar-refractivity contribution is -0.346. The summed E-state index contributed by atoms with van der Waals surface area (Å²) in [6, 6.07) is 13.4. The van der Waals surface area contributed by atoms with E-state index in [1.807, 2.05) is 0 Å². The number of hydrogen-bond acceptors (Lipinski definition) is 19. The lowest BCUT2D eigenvalue weighted by Crippen LogP contribution is -2.81. The maximum absolute atomic E-state index is 15.2. The molecule has 1 aliphatic heterocycles. The zero-order valence-electron chi connectivity index (χ0n) is 42.4. The summed E-state index contributed by atoms with van der Waals surface area (Å²) >= 11 is 0. The second-order valence-electron chi connectivity index (χ2n) is 20.6. The molecule has 8 N–H and O–H groups in total. The molecule has 23 heteroatoms.